The van der Waals surface area contributed by atoms with Crippen LogP contribution in [0.4, 0.5) is 4.39 Å². The third kappa shape index (κ3) is 2.38. The van der Waals surface area contributed by atoms with E-state index in [1.165, 1.54) is 18.8 Å². The SMILES string of the molecule is OC(F)[CH]c1ccc(-c2cnco2)nc1. The first-order chi connectivity index (χ1) is 7.25. The van der Waals surface area contributed by atoms with E-state index in [1.54, 1.807) is 12.1 Å². The van der Waals surface area contributed by atoms with Crippen molar-refractivity contribution in [2.75, 3.05) is 0 Å². The smallest absolute Gasteiger partial charge is 0.204 e. The van der Waals surface area contributed by atoms with Crippen LogP contribution in [0.5, 0.6) is 0 Å². The molecule has 5 heteroatoms. The maximum Gasteiger partial charge on any atom is 0.204 e. The van der Waals surface area contributed by atoms with Gasteiger partial charge < -0.3 is 9.52 Å². The van der Waals surface area contributed by atoms with Gasteiger partial charge in [0.1, 0.15) is 5.69 Å². The van der Waals surface area contributed by atoms with Gasteiger partial charge >= 0.3 is 0 Å². The number of aliphatic hydroxyl groups is 1. The molecule has 0 aliphatic carbocycles. The van der Waals surface area contributed by atoms with E-state index in [2.05, 4.69) is 9.97 Å². The number of hydrogen-bond donors (Lipinski definition) is 1. The normalized spacial score (nSPS) is 12.7. The van der Waals surface area contributed by atoms with E-state index >= 15 is 0 Å². The van der Waals surface area contributed by atoms with Gasteiger partial charge in [-0.15, -0.1) is 0 Å². The molecule has 0 spiro atoms. The molecule has 0 saturated carbocycles. The Labute approximate surface area is 85.4 Å². The number of hydrogen-bond acceptors (Lipinski definition) is 4. The summed E-state index contributed by atoms with van der Waals surface area (Å²) in [6.07, 6.45) is 3.37. The summed E-state index contributed by atoms with van der Waals surface area (Å²) < 4.78 is 17.2. The van der Waals surface area contributed by atoms with Crippen LogP contribution in [0, 0.1) is 6.42 Å². The fourth-order valence-electron chi connectivity index (χ4n) is 1.15. The Morgan fingerprint density at radius 1 is 1.40 bits per heavy atom. The minimum atomic E-state index is -1.97. The second-order valence-electron chi connectivity index (χ2n) is 2.88. The minimum absolute atomic E-state index is 0.508. The molecular weight excluding hydrogens is 199 g/mol. The summed E-state index contributed by atoms with van der Waals surface area (Å²) >= 11 is 0. The molecule has 0 saturated heterocycles. The zero-order valence-corrected chi connectivity index (χ0v) is 7.67. The number of pyridine rings is 1. The summed E-state index contributed by atoms with van der Waals surface area (Å²) in [6.45, 7) is 0. The monoisotopic (exact) mass is 207 g/mol. The molecule has 2 rings (SSSR count). The lowest BCUT2D eigenvalue weighted by Gasteiger charge is -2.01. The van der Waals surface area contributed by atoms with Crippen LogP contribution in [0.2, 0.25) is 0 Å². The highest BCUT2D eigenvalue weighted by Gasteiger charge is 2.06. The van der Waals surface area contributed by atoms with E-state index in [0.717, 1.165) is 6.42 Å². The van der Waals surface area contributed by atoms with Crippen LogP contribution < -0.4 is 0 Å². The predicted molar refractivity (Wildman–Crippen MR) is 50.3 cm³/mol. The van der Waals surface area contributed by atoms with Crippen molar-refractivity contribution in [3.8, 4) is 11.5 Å². The molecule has 1 radical (unpaired) electrons. The quantitative estimate of drug-likeness (QED) is 0.830. The van der Waals surface area contributed by atoms with E-state index in [-0.39, 0.29) is 0 Å². The third-order valence-corrected chi connectivity index (χ3v) is 1.80. The standard InChI is InChI=1S/C10H8FN2O2/c11-10(14)3-7-1-2-8(13-4-7)9-5-12-6-15-9/h1-6,10,14H. The molecule has 1 unspecified atom stereocenters. The number of rotatable bonds is 3. The van der Waals surface area contributed by atoms with Crippen molar-refractivity contribution >= 4 is 0 Å². The molecule has 1 atom stereocenters. The van der Waals surface area contributed by atoms with Gasteiger partial charge in [-0.2, -0.15) is 0 Å². The molecule has 0 fully saturated rings. The molecule has 0 aliphatic heterocycles. The van der Waals surface area contributed by atoms with Gasteiger partial charge in [0.05, 0.1) is 12.6 Å². The first-order valence-corrected chi connectivity index (χ1v) is 4.27. The Bertz CT molecular complexity index is 411. The zero-order valence-electron chi connectivity index (χ0n) is 7.67. The molecule has 0 aliphatic rings. The molecular formula is C10H8FN2O2. The van der Waals surface area contributed by atoms with Crippen molar-refractivity contribution in [2.45, 2.75) is 6.36 Å². The number of alkyl halides is 1. The van der Waals surface area contributed by atoms with Crippen molar-refractivity contribution in [2.24, 2.45) is 0 Å². The molecule has 1 N–H and O–H groups in total. The maximum absolute atomic E-state index is 12.2. The van der Waals surface area contributed by atoms with E-state index in [1.807, 2.05) is 0 Å². The summed E-state index contributed by atoms with van der Waals surface area (Å²) in [5, 5.41) is 8.48. The van der Waals surface area contributed by atoms with Crippen LogP contribution in [0.1, 0.15) is 5.56 Å². The number of halogens is 1. The zero-order chi connectivity index (χ0) is 10.7. The van der Waals surface area contributed by atoms with E-state index < -0.39 is 6.36 Å². The number of aliphatic hydroxyl groups excluding tert-OH is 1. The van der Waals surface area contributed by atoms with Gasteiger partial charge in [0, 0.05) is 6.20 Å². The minimum Gasteiger partial charge on any atom is -0.442 e. The average molecular weight is 207 g/mol. The van der Waals surface area contributed by atoms with Gasteiger partial charge in [-0.05, 0) is 11.6 Å². The fourth-order valence-corrected chi connectivity index (χ4v) is 1.15. The van der Waals surface area contributed by atoms with Crippen molar-refractivity contribution in [1.29, 1.82) is 0 Å². The molecule has 0 bridgehead atoms. The van der Waals surface area contributed by atoms with E-state index in [9.17, 15) is 4.39 Å². The van der Waals surface area contributed by atoms with Gasteiger partial charge in [-0.3, -0.25) is 4.98 Å². The van der Waals surface area contributed by atoms with Crippen LogP contribution in [-0.2, 0) is 0 Å². The summed E-state index contributed by atoms with van der Waals surface area (Å²) in [4.78, 5) is 7.79. The first-order valence-electron chi connectivity index (χ1n) is 4.27. The molecule has 77 valence electrons. The van der Waals surface area contributed by atoms with Crippen LogP contribution in [0.3, 0.4) is 0 Å². The predicted octanol–water partition coefficient (Wildman–Crippen LogP) is 1.58. The molecule has 15 heavy (non-hydrogen) atoms. The Kier molecular flexibility index (Phi) is 2.73. The topological polar surface area (TPSA) is 59.2 Å². The van der Waals surface area contributed by atoms with Crippen molar-refractivity contribution in [3.05, 3.63) is 42.9 Å². The summed E-state index contributed by atoms with van der Waals surface area (Å²) in [6, 6.07) is 3.29. The molecule has 2 aromatic rings. The van der Waals surface area contributed by atoms with Crippen molar-refractivity contribution in [1.82, 2.24) is 9.97 Å². The highest BCUT2D eigenvalue weighted by atomic mass is 19.1. The van der Waals surface area contributed by atoms with Gasteiger partial charge in [0.25, 0.3) is 0 Å². The Hall–Kier alpha value is -1.75. The fraction of sp³-hybridized carbons (Fsp3) is 0.100. The van der Waals surface area contributed by atoms with Crippen LogP contribution in [0.15, 0.2) is 35.3 Å². The van der Waals surface area contributed by atoms with Crippen LogP contribution in [0.25, 0.3) is 11.5 Å². The lowest BCUT2D eigenvalue weighted by Crippen LogP contribution is -1.99. The summed E-state index contributed by atoms with van der Waals surface area (Å²) in [5.41, 5.74) is 1.12. The highest BCUT2D eigenvalue weighted by Crippen LogP contribution is 2.16. The summed E-state index contributed by atoms with van der Waals surface area (Å²) in [5.74, 6) is 0.544. The van der Waals surface area contributed by atoms with Gasteiger partial charge in [0.15, 0.2) is 12.2 Å². The van der Waals surface area contributed by atoms with Crippen molar-refractivity contribution in [3.63, 3.8) is 0 Å². The van der Waals surface area contributed by atoms with Gasteiger partial charge in [-0.1, -0.05) is 6.07 Å². The van der Waals surface area contributed by atoms with E-state index in [4.69, 9.17) is 9.52 Å². The van der Waals surface area contributed by atoms with Gasteiger partial charge in [0.2, 0.25) is 6.36 Å². The van der Waals surface area contributed by atoms with E-state index in [0.29, 0.717) is 17.0 Å². The average Bonchev–Trinajstić information content (AvgIpc) is 2.71. The molecule has 0 aromatic carbocycles. The Morgan fingerprint density at radius 3 is 2.80 bits per heavy atom. The van der Waals surface area contributed by atoms with Crippen molar-refractivity contribution < 1.29 is 13.9 Å². The van der Waals surface area contributed by atoms with Gasteiger partial charge in [-0.25, -0.2) is 9.37 Å². The largest absolute Gasteiger partial charge is 0.442 e. The number of aromatic nitrogens is 2. The second kappa shape index (κ2) is 4.18. The second-order valence-corrected chi connectivity index (χ2v) is 2.88. The molecule has 4 nitrogen and oxygen atoms in total. The lowest BCUT2D eigenvalue weighted by molar-refractivity contribution is 0.0759. The maximum atomic E-state index is 12.2. The number of nitrogens with zero attached hydrogens (tertiary/aromatic N) is 2. The highest BCUT2D eigenvalue weighted by molar-refractivity contribution is 5.50. The lowest BCUT2D eigenvalue weighted by atomic mass is 10.2. The molecule has 2 aromatic heterocycles. The van der Waals surface area contributed by atoms with Crippen LogP contribution >= 0.6 is 0 Å². The molecule has 2 heterocycles. The summed E-state index contributed by atoms with van der Waals surface area (Å²) in [7, 11) is 0. The van der Waals surface area contributed by atoms with Crippen LogP contribution in [-0.4, -0.2) is 21.4 Å². The first kappa shape index (κ1) is 9.79. The third-order valence-electron chi connectivity index (χ3n) is 1.80. The Balaban J connectivity index is 2.17. The Morgan fingerprint density at radius 2 is 2.27 bits per heavy atom. The molecule has 0 amide bonds. The number of oxazole rings is 1.